The van der Waals surface area contributed by atoms with Gasteiger partial charge in [0.15, 0.2) is 0 Å². The molecule has 2 heterocycles. The van der Waals surface area contributed by atoms with Crippen LogP contribution in [0.25, 0.3) is 11.0 Å². The van der Waals surface area contributed by atoms with Crippen LogP contribution >= 0.6 is 11.6 Å². The van der Waals surface area contributed by atoms with E-state index in [4.69, 9.17) is 11.6 Å². The van der Waals surface area contributed by atoms with E-state index < -0.39 is 11.8 Å². The molecule has 0 aliphatic rings. The maximum Gasteiger partial charge on any atom is 0.379 e. The van der Waals surface area contributed by atoms with Crippen LogP contribution in [-0.4, -0.2) is 28.8 Å². The molecular formula is C11H9ClN2O3. The van der Waals surface area contributed by atoms with Crippen LogP contribution in [-0.2, 0) is 9.53 Å². The fourth-order valence-electron chi connectivity index (χ4n) is 1.66. The molecule has 0 fully saturated rings. The van der Waals surface area contributed by atoms with Crippen LogP contribution in [0, 0.1) is 6.92 Å². The van der Waals surface area contributed by atoms with Crippen molar-refractivity contribution >= 4 is 34.4 Å². The number of hydrogen-bond donors (Lipinski definition) is 1. The predicted octanol–water partition coefficient (Wildman–Crippen LogP) is 1.88. The number of aromatic amines is 1. The van der Waals surface area contributed by atoms with E-state index in [0.717, 1.165) is 0 Å². The molecule has 0 radical (unpaired) electrons. The van der Waals surface area contributed by atoms with Crippen LogP contribution in [0.1, 0.15) is 16.1 Å². The maximum absolute atomic E-state index is 11.8. The van der Waals surface area contributed by atoms with Gasteiger partial charge in [0.05, 0.1) is 12.7 Å². The normalized spacial score (nSPS) is 10.5. The summed E-state index contributed by atoms with van der Waals surface area (Å²) in [5.74, 6) is -1.59. The average molecular weight is 253 g/mol. The number of esters is 1. The molecular weight excluding hydrogens is 244 g/mol. The molecule has 2 aromatic heterocycles. The molecule has 2 rings (SSSR count). The molecule has 6 heteroatoms. The van der Waals surface area contributed by atoms with Gasteiger partial charge in [-0.3, -0.25) is 4.79 Å². The zero-order chi connectivity index (χ0) is 12.6. The molecule has 2 aromatic rings. The first-order chi connectivity index (χ1) is 8.04. The highest BCUT2D eigenvalue weighted by Gasteiger charge is 2.23. The smallest absolute Gasteiger partial charge is 0.379 e. The number of aromatic nitrogens is 2. The van der Waals surface area contributed by atoms with Gasteiger partial charge in [-0.2, -0.15) is 0 Å². The van der Waals surface area contributed by atoms with E-state index in [1.165, 1.54) is 7.11 Å². The molecule has 0 atom stereocenters. The lowest BCUT2D eigenvalue weighted by Gasteiger charge is -1.98. The average Bonchev–Trinajstić information content (AvgIpc) is 2.62. The van der Waals surface area contributed by atoms with Gasteiger partial charge in [-0.25, -0.2) is 9.78 Å². The molecule has 17 heavy (non-hydrogen) atoms. The zero-order valence-corrected chi connectivity index (χ0v) is 9.96. The number of Topliss-reactive ketones (excluding diaryl/α,β-unsaturated/α-hetero) is 1. The number of carbonyl (C=O) groups is 2. The van der Waals surface area contributed by atoms with Crippen molar-refractivity contribution in [2.24, 2.45) is 0 Å². The van der Waals surface area contributed by atoms with Crippen LogP contribution in [0.2, 0.25) is 5.15 Å². The van der Waals surface area contributed by atoms with Crippen molar-refractivity contribution in [3.05, 3.63) is 28.5 Å². The summed E-state index contributed by atoms with van der Waals surface area (Å²) in [6.45, 7) is 1.69. The summed E-state index contributed by atoms with van der Waals surface area (Å²) in [5, 5.41) is 0.873. The lowest BCUT2D eigenvalue weighted by atomic mass is 10.1. The highest BCUT2D eigenvalue weighted by molar-refractivity contribution is 6.43. The first-order valence-electron chi connectivity index (χ1n) is 4.82. The highest BCUT2D eigenvalue weighted by Crippen LogP contribution is 2.23. The number of nitrogens with one attached hydrogen (secondary N) is 1. The van der Waals surface area contributed by atoms with Crippen molar-refractivity contribution < 1.29 is 14.3 Å². The molecule has 1 N–H and O–H groups in total. The quantitative estimate of drug-likeness (QED) is 0.383. The first-order valence-corrected chi connectivity index (χ1v) is 5.20. The molecule has 0 saturated carbocycles. The number of methoxy groups -OCH3 is 1. The Balaban J connectivity index is 2.65. The fraction of sp³-hybridized carbons (Fsp3) is 0.182. The number of halogens is 1. The van der Waals surface area contributed by atoms with Crippen LogP contribution in [0.15, 0.2) is 12.1 Å². The number of rotatable bonds is 2. The van der Waals surface area contributed by atoms with E-state index in [2.05, 4.69) is 14.7 Å². The number of ether oxygens (including phenoxy) is 1. The molecule has 5 nitrogen and oxygen atoms in total. The number of aryl methyl sites for hydroxylation is 1. The number of pyridine rings is 1. The minimum Gasteiger partial charge on any atom is -0.463 e. The van der Waals surface area contributed by atoms with Crippen LogP contribution in [0.5, 0.6) is 0 Å². The number of hydrogen-bond acceptors (Lipinski definition) is 4. The van der Waals surface area contributed by atoms with E-state index in [9.17, 15) is 9.59 Å². The van der Waals surface area contributed by atoms with E-state index in [-0.39, 0.29) is 5.56 Å². The summed E-state index contributed by atoms with van der Waals surface area (Å²) < 4.78 is 4.41. The molecule has 0 amide bonds. The van der Waals surface area contributed by atoms with E-state index in [0.29, 0.717) is 21.9 Å². The Bertz CT molecular complexity index is 618. The van der Waals surface area contributed by atoms with Crippen molar-refractivity contribution in [3.63, 3.8) is 0 Å². The van der Waals surface area contributed by atoms with Gasteiger partial charge in [0, 0.05) is 11.1 Å². The lowest BCUT2D eigenvalue weighted by Crippen LogP contribution is -2.16. The SMILES string of the molecule is COC(=O)C(=O)c1c(C)[nH]c2nc(Cl)ccc12. The second-order valence-electron chi connectivity index (χ2n) is 3.48. The molecule has 0 aliphatic carbocycles. The summed E-state index contributed by atoms with van der Waals surface area (Å²) in [4.78, 5) is 30.0. The first kappa shape index (κ1) is 11.6. The van der Waals surface area contributed by atoms with Gasteiger partial charge in [-0.1, -0.05) is 11.6 Å². The van der Waals surface area contributed by atoms with Gasteiger partial charge in [0.2, 0.25) is 0 Å². The molecule has 0 unspecified atom stereocenters. The Morgan fingerprint density at radius 2 is 2.12 bits per heavy atom. The van der Waals surface area contributed by atoms with E-state index >= 15 is 0 Å². The highest BCUT2D eigenvalue weighted by atomic mass is 35.5. The molecule has 88 valence electrons. The maximum atomic E-state index is 11.8. The lowest BCUT2D eigenvalue weighted by molar-refractivity contribution is -0.135. The number of fused-ring (bicyclic) bond motifs is 1. The Kier molecular flexibility index (Phi) is 2.85. The summed E-state index contributed by atoms with van der Waals surface area (Å²) in [5.41, 5.74) is 1.31. The van der Waals surface area contributed by atoms with Crippen molar-refractivity contribution in [2.75, 3.05) is 7.11 Å². The van der Waals surface area contributed by atoms with Gasteiger partial charge >= 0.3 is 5.97 Å². The molecule has 0 aliphatic heterocycles. The fourth-order valence-corrected chi connectivity index (χ4v) is 1.81. The second kappa shape index (κ2) is 4.18. The van der Waals surface area contributed by atoms with Crippen molar-refractivity contribution in [1.82, 2.24) is 9.97 Å². The molecule has 0 spiro atoms. The summed E-state index contributed by atoms with van der Waals surface area (Å²) in [6.07, 6.45) is 0. The Labute approximate surface area is 102 Å². The zero-order valence-electron chi connectivity index (χ0n) is 9.20. The third kappa shape index (κ3) is 1.89. The Morgan fingerprint density at radius 3 is 2.76 bits per heavy atom. The number of ketones is 1. The van der Waals surface area contributed by atoms with Gasteiger partial charge in [0.1, 0.15) is 10.8 Å². The van der Waals surface area contributed by atoms with Crippen LogP contribution in [0.3, 0.4) is 0 Å². The van der Waals surface area contributed by atoms with Crippen molar-refractivity contribution in [1.29, 1.82) is 0 Å². The molecule has 0 bridgehead atoms. The predicted molar refractivity (Wildman–Crippen MR) is 62.2 cm³/mol. The van der Waals surface area contributed by atoms with Crippen molar-refractivity contribution in [2.45, 2.75) is 6.92 Å². The number of H-pyrrole nitrogens is 1. The largest absolute Gasteiger partial charge is 0.463 e. The van der Waals surface area contributed by atoms with Crippen LogP contribution < -0.4 is 0 Å². The second-order valence-corrected chi connectivity index (χ2v) is 3.86. The standard InChI is InChI=1S/C11H9ClN2O3/c1-5-8(9(15)11(16)17-2)6-3-4-7(12)14-10(6)13-5/h3-4H,1-2H3,(H,13,14). The number of nitrogens with zero attached hydrogens (tertiary/aromatic N) is 1. The topological polar surface area (TPSA) is 72.1 Å². The third-order valence-corrected chi connectivity index (χ3v) is 2.62. The Morgan fingerprint density at radius 1 is 1.41 bits per heavy atom. The minimum absolute atomic E-state index is 0.274. The third-order valence-electron chi connectivity index (χ3n) is 2.41. The Hall–Kier alpha value is -1.88. The van der Waals surface area contributed by atoms with Gasteiger partial charge in [-0.05, 0) is 19.1 Å². The minimum atomic E-state index is -0.899. The van der Waals surface area contributed by atoms with Gasteiger partial charge in [-0.15, -0.1) is 0 Å². The summed E-state index contributed by atoms with van der Waals surface area (Å²) >= 11 is 5.74. The van der Waals surface area contributed by atoms with Gasteiger partial charge < -0.3 is 9.72 Å². The van der Waals surface area contributed by atoms with E-state index in [1.54, 1.807) is 19.1 Å². The summed E-state index contributed by atoms with van der Waals surface area (Å²) in [7, 11) is 1.17. The summed E-state index contributed by atoms with van der Waals surface area (Å²) in [6, 6.07) is 3.20. The molecule has 0 aromatic carbocycles. The monoisotopic (exact) mass is 252 g/mol. The van der Waals surface area contributed by atoms with Crippen molar-refractivity contribution in [3.8, 4) is 0 Å². The van der Waals surface area contributed by atoms with Gasteiger partial charge in [0.25, 0.3) is 5.78 Å². The van der Waals surface area contributed by atoms with E-state index in [1.807, 2.05) is 0 Å². The molecule has 0 saturated heterocycles. The number of carbonyl (C=O) groups excluding carboxylic acids is 2. The van der Waals surface area contributed by atoms with Crippen LogP contribution in [0.4, 0.5) is 0 Å².